The number of rotatable bonds is 3. The topological polar surface area (TPSA) is 88.8 Å². The fourth-order valence-corrected chi connectivity index (χ4v) is 4.62. The van der Waals surface area contributed by atoms with Crippen LogP contribution in [0.3, 0.4) is 0 Å². The van der Waals surface area contributed by atoms with Gasteiger partial charge in [0.2, 0.25) is 0 Å². The molecular weight excluding hydrogens is 406 g/mol. The molecule has 0 amide bonds. The van der Waals surface area contributed by atoms with Gasteiger partial charge in [0.25, 0.3) is 0 Å². The van der Waals surface area contributed by atoms with Crippen LogP contribution >= 0.6 is 11.6 Å². The molecular formula is C22H24ClN3O4. The Kier molecular flexibility index (Phi) is 5.06. The molecule has 0 radical (unpaired) electrons. The molecule has 30 heavy (non-hydrogen) atoms. The molecule has 0 bridgehead atoms. The zero-order valence-corrected chi connectivity index (χ0v) is 17.3. The fraction of sp³-hybridized carbons (Fsp3) is 0.409. The summed E-state index contributed by atoms with van der Waals surface area (Å²) >= 11 is 6.27. The second-order valence-corrected chi connectivity index (χ2v) is 8.37. The Morgan fingerprint density at radius 3 is 3.00 bits per heavy atom. The van der Waals surface area contributed by atoms with Gasteiger partial charge in [0.05, 0.1) is 11.6 Å². The Bertz CT molecular complexity index is 1090. The lowest BCUT2D eigenvalue weighted by molar-refractivity contribution is -0.0166. The Labute approximate surface area is 179 Å². The molecule has 1 fully saturated rings. The number of pyridine rings is 1. The average Bonchev–Trinajstić information content (AvgIpc) is 3.16. The third kappa shape index (κ3) is 3.32. The first-order valence-electron chi connectivity index (χ1n) is 10.1. The number of hydrogen-bond donors (Lipinski definition) is 3. The summed E-state index contributed by atoms with van der Waals surface area (Å²) in [6, 6.07) is 7.12. The van der Waals surface area contributed by atoms with Crippen molar-refractivity contribution in [3.05, 3.63) is 52.8 Å². The van der Waals surface area contributed by atoms with Crippen LogP contribution in [0.15, 0.2) is 36.7 Å². The number of hydrogen-bond acceptors (Lipinski definition) is 6. The van der Waals surface area contributed by atoms with Gasteiger partial charge in [0, 0.05) is 42.3 Å². The number of aliphatic hydroxyl groups is 2. The molecule has 3 aromatic rings. The summed E-state index contributed by atoms with van der Waals surface area (Å²) in [6.45, 7) is 3.89. The van der Waals surface area contributed by atoms with Gasteiger partial charge in [-0.3, -0.25) is 0 Å². The van der Waals surface area contributed by atoms with Crippen LogP contribution in [0, 0.1) is 6.92 Å². The van der Waals surface area contributed by atoms with Gasteiger partial charge in [-0.05, 0) is 36.8 Å². The van der Waals surface area contributed by atoms with E-state index in [9.17, 15) is 10.2 Å². The molecule has 8 heteroatoms. The van der Waals surface area contributed by atoms with Crippen molar-refractivity contribution in [3.63, 3.8) is 0 Å². The Morgan fingerprint density at radius 2 is 2.13 bits per heavy atom. The molecule has 2 aliphatic rings. The predicted molar refractivity (Wildman–Crippen MR) is 113 cm³/mol. The minimum absolute atomic E-state index is 0.344. The first-order chi connectivity index (χ1) is 14.5. The van der Waals surface area contributed by atoms with Gasteiger partial charge < -0.3 is 29.6 Å². The van der Waals surface area contributed by atoms with E-state index in [1.54, 1.807) is 18.3 Å². The van der Waals surface area contributed by atoms with Gasteiger partial charge >= 0.3 is 0 Å². The number of aliphatic hydroxyl groups excluding tert-OH is 2. The molecule has 1 aliphatic heterocycles. The Balaban J connectivity index is 1.45. The summed E-state index contributed by atoms with van der Waals surface area (Å²) in [5.41, 5.74) is 2.78. The lowest BCUT2D eigenvalue weighted by Gasteiger charge is -2.21. The van der Waals surface area contributed by atoms with E-state index in [4.69, 9.17) is 21.1 Å². The SMILES string of the molecule is Cc1ccnc2c1ccn2C1CC(Oc2cc(Cl)cc3c2CNCCO3)C(O)C1O. The number of benzene rings is 1. The largest absolute Gasteiger partial charge is 0.492 e. The third-order valence-electron chi connectivity index (χ3n) is 6.04. The van der Waals surface area contributed by atoms with E-state index in [0.717, 1.165) is 28.7 Å². The summed E-state index contributed by atoms with van der Waals surface area (Å²) in [5.74, 6) is 1.25. The van der Waals surface area contributed by atoms with E-state index in [0.29, 0.717) is 36.1 Å². The highest BCUT2D eigenvalue weighted by Gasteiger charge is 2.44. The maximum Gasteiger partial charge on any atom is 0.140 e. The number of fused-ring (bicyclic) bond motifs is 2. The zero-order chi connectivity index (χ0) is 20.8. The number of nitrogens with zero attached hydrogens (tertiary/aromatic N) is 2. The molecule has 1 aromatic carbocycles. The first kappa shape index (κ1) is 19.6. The molecule has 0 spiro atoms. The monoisotopic (exact) mass is 429 g/mol. The molecule has 4 unspecified atom stereocenters. The average molecular weight is 430 g/mol. The molecule has 0 saturated heterocycles. The van der Waals surface area contributed by atoms with E-state index in [2.05, 4.69) is 10.3 Å². The van der Waals surface area contributed by atoms with Gasteiger partial charge in [0.15, 0.2) is 0 Å². The Hall–Kier alpha value is -2.32. The van der Waals surface area contributed by atoms with E-state index >= 15 is 0 Å². The van der Waals surface area contributed by atoms with Gasteiger partial charge in [-0.2, -0.15) is 0 Å². The van der Waals surface area contributed by atoms with E-state index in [1.807, 2.05) is 29.8 Å². The normalized spacial score (nSPS) is 26.3. The third-order valence-corrected chi connectivity index (χ3v) is 6.26. The molecule has 7 nitrogen and oxygen atoms in total. The van der Waals surface area contributed by atoms with Crippen molar-refractivity contribution in [1.29, 1.82) is 0 Å². The molecule has 1 saturated carbocycles. The van der Waals surface area contributed by atoms with Gasteiger partial charge in [0.1, 0.15) is 42.1 Å². The number of ether oxygens (including phenoxy) is 2. The second-order valence-electron chi connectivity index (χ2n) is 7.93. The van der Waals surface area contributed by atoms with Crippen molar-refractivity contribution in [2.45, 2.75) is 44.2 Å². The lowest BCUT2D eigenvalue weighted by atomic mass is 10.1. The summed E-state index contributed by atoms with van der Waals surface area (Å²) < 4.78 is 13.9. The van der Waals surface area contributed by atoms with Crippen LogP contribution in [-0.4, -0.2) is 51.2 Å². The maximum absolute atomic E-state index is 10.8. The van der Waals surface area contributed by atoms with Gasteiger partial charge in [-0.1, -0.05) is 11.6 Å². The summed E-state index contributed by atoms with van der Waals surface area (Å²) in [5, 5.41) is 26.4. The van der Waals surface area contributed by atoms with Crippen LogP contribution < -0.4 is 14.8 Å². The molecule has 3 heterocycles. The number of aryl methyl sites for hydroxylation is 1. The molecule has 1 aliphatic carbocycles. The second kappa shape index (κ2) is 7.74. The number of halogens is 1. The quantitative estimate of drug-likeness (QED) is 0.593. The van der Waals surface area contributed by atoms with E-state index < -0.39 is 18.3 Å². The number of nitrogens with one attached hydrogen (secondary N) is 1. The van der Waals surface area contributed by atoms with Crippen LogP contribution in [0.1, 0.15) is 23.6 Å². The molecule has 4 atom stereocenters. The summed E-state index contributed by atoms with van der Waals surface area (Å²) in [7, 11) is 0. The predicted octanol–water partition coefficient (Wildman–Crippen LogP) is 2.59. The Morgan fingerprint density at radius 1 is 1.27 bits per heavy atom. The minimum Gasteiger partial charge on any atom is -0.492 e. The standard InChI is InChI=1S/C22H24ClN3O4/c1-12-2-4-25-22-14(12)3-6-26(22)16-10-19(21(28)20(16)27)30-18-9-13(23)8-17-15(18)11-24-5-7-29-17/h2-4,6,8-9,16,19-21,24,27-28H,5,7,10-11H2,1H3. The fourth-order valence-electron chi connectivity index (χ4n) is 4.43. The zero-order valence-electron chi connectivity index (χ0n) is 16.6. The minimum atomic E-state index is -1.04. The molecule has 3 N–H and O–H groups in total. The lowest BCUT2D eigenvalue weighted by Crippen LogP contribution is -2.34. The highest BCUT2D eigenvalue weighted by Crippen LogP contribution is 2.39. The first-order valence-corrected chi connectivity index (χ1v) is 10.5. The summed E-state index contributed by atoms with van der Waals surface area (Å²) in [4.78, 5) is 4.48. The van der Waals surface area contributed by atoms with Crippen LogP contribution in [0.4, 0.5) is 0 Å². The molecule has 2 aromatic heterocycles. The highest BCUT2D eigenvalue weighted by atomic mass is 35.5. The van der Waals surface area contributed by atoms with Crippen LogP contribution in [-0.2, 0) is 6.54 Å². The number of aromatic nitrogens is 2. The van der Waals surface area contributed by atoms with Crippen molar-refractivity contribution in [2.75, 3.05) is 13.2 Å². The van der Waals surface area contributed by atoms with E-state index in [-0.39, 0.29) is 6.04 Å². The van der Waals surface area contributed by atoms with Crippen LogP contribution in [0.25, 0.3) is 11.0 Å². The maximum atomic E-state index is 10.8. The molecule has 5 rings (SSSR count). The van der Waals surface area contributed by atoms with Crippen LogP contribution in [0.5, 0.6) is 11.5 Å². The highest BCUT2D eigenvalue weighted by molar-refractivity contribution is 6.30. The van der Waals surface area contributed by atoms with Crippen molar-refractivity contribution in [3.8, 4) is 11.5 Å². The molecule has 158 valence electrons. The van der Waals surface area contributed by atoms with Crippen molar-refractivity contribution in [1.82, 2.24) is 14.9 Å². The van der Waals surface area contributed by atoms with Crippen molar-refractivity contribution >= 4 is 22.6 Å². The van der Waals surface area contributed by atoms with Crippen molar-refractivity contribution in [2.24, 2.45) is 0 Å². The summed E-state index contributed by atoms with van der Waals surface area (Å²) in [6.07, 6.45) is 1.52. The van der Waals surface area contributed by atoms with Crippen molar-refractivity contribution < 1.29 is 19.7 Å². The van der Waals surface area contributed by atoms with Gasteiger partial charge in [-0.25, -0.2) is 4.98 Å². The smallest absolute Gasteiger partial charge is 0.140 e. The van der Waals surface area contributed by atoms with Crippen LogP contribution in [0.2, 0.25) is 5.02 Å². The van der Waals surface area contributed by atoms with E-state index in [1.165, 1.54) is 0 Å². The van der Waals surface area contributed by atoms with Gasteiger partial charge in [-0.15, -0.1) is 0 Å².